The number of aliphatic hydroxyl groups is 1. The fourth-order valence-corrected chi connectivity index (χ4v) is 3.38. The second kappa shape index (κ2) is 8.02. The van der Waals surface area contributed by atoms with Crippen molar-refractivity contribution in [1.82, 2.24) is 5.32 Å². The number of benzene rings is 1. The molecule has 4 heteroatoms. The largest absolute Gasteiger partial charge is 0.393 e. The molecule has 3 nitrogen and oxygen atoms in total. The molecule has 2 rings (SSSR count). The lowest BCUT2D eigenvalue weighted by molar-refractivity contribution is 0.110. The van der Waals surface area contributed by atoms with Crippen molar-refractivity contribution < 1.29 is 5.11 Å². The Kier molecular flexibility index (Phi) is 6.34. The number of nitrogens with zero attached hydrogens (tertiary/aromatic N) is 1. The lowest BCUT2D eigenvalue weighted by Gasteiger charge is -2.36. The molecule has 1 unspecified atom stereocenters. The van der Waals surface area contributed by atoms with E-state index < -0.39 is 0 Å². The maximum atomic E-state index is 9.73. The maximum Gasteiger partial charge on any atom is 0.0642 e. The number of hydrogen-bond donors (Lipinski definition) is 2. The molecular weight excluding hydrogens is 284 g/mol. The highest BCUT2D eigenvalue weighted by molar-refractivity contribution is 6.33. The third kappa shape index (κ3) is 4.35. The van der Waals surface area contributed by atoms with Crippen LogP contribution >= 0.6 is 11.6 Å². The zero-order chi connectivity index (χ0) is 15.2. The summed E-state index contributed by atoms with van der Waals surface area (Å²) in [7, 11) is 0. The van der Waals surface area contributed by atoms with Gasteiger partial charge in [0.15, 0.2) is 0 Å². The summed E-state index contributed by atoms with van der Waals surface area (Å²) in [5, 5.41) is 14.0. The van der Waals surface area contributed by atoms with Crippen LogP contribution in [0.4, 0.5) is 5.69 Å². The van der Waals surface area contributed by atoms with Gasteiger partial charge in [0.05, 0.1) is 16.8 Å². The van der Waals surface area contributed by atoms with E-state index >= 15 is 0 Å². The summed E-state index contributed by atoms with van der Waals surface area (Å²) in [4.78, 5) is 2.38. The molecule has 1 aromatic carbocycles. The molecule has 0 aromatic heterocycles. The van der Waals surface area contributed by atoms with E-state index in [0.29, 0.717) is 5.92 Å². The number of aliphatic hydroxyl groups excluding tert-OH is 1. The topological polar surface area (TPSA) is 35.5 Å². The number of nitrogens with one attached hydrogen (secondary N) is 1. The highest BCUT2D eigenvalue weighted by Gasteiger charge is 2.25. The van der Waals surface area contributed by atoms with Gasteiger partial charge < -0.3 is 15.3 Å². The second-order valence-electron chi connectivity index (χ2n) is 5.99. The SMILES string of the molecule is CCCNCc1cccc(Cl)c1N1CCC(C(C)O)CC1. The van der Waals surface area contributed by atoms with E-state index in [0.717, 1.165) is 50.5 Å². The second-order valence-corrected chi connectivity index (χ2v) is 6.40. The molecule has 118 valence electrons. The lowest BCUT2D eigenvalue weighted by atomic mass is 9.91. The number of piperidine rings is 1. The summed E-state index contributed by atoms with van der Waals surface area (Å²) in [5.41, 5.74) is 2.44. The maximum absolute atomic E-state index is 9.73. The fourth-order valence-electron chi connectivity index (χ4n) is 3.06. The van der Waals surface area contributed by atoms with Crippen LogP contribution in [0.5, 0.6) is 0 Å². The van der Waals surface area contributed by atoms with Crippen LogP contribution in [0.2, 0.25) is 5.02 Å². The zero-order valence-electron chi connectivity index (χ0n) is 13.1. The van der Waals surface area contributed by atoms with Crippen LogP contribution in [0.15, 0.2) is 18.2 Å². The van der Waals surface area contributed by atoms with Crippen LogP contribution in [-0.2, 0) is 6.54 Å². The standard InChI is InChI=1S/C17H27ClN2O/c1-3-9-19-12-15-5-4-6-16(18)17(15)20-10-7-14(8-11-20)13(2)21/h4-6,13-14,19,21H,3,7-12H2,1-2H3. The van der Waals surface area contributed by atoms with E-state index in [4.69, 9.17) is 11.6 Å². The molecule has 0 spiro atoms. The summed E-state index contributed by atoms with van der Waals surface area (Å²) < 4.78 is 0. The molecule has 1 aromatic rings. The molecule has 1 aliphatic rings. The molecule has 0 aliphatic carbocycles. The molecule has 1 fully saturated rings. The number of para-hydroxylation sites is 1. The Balaban J connectivity index is 2.08. The Hall–Kier alpha value is -0.770. The number of halogens is 1. The third-order valence-corrected chi connectivity index (χ3v) is 4.66. The molecular formula is C17H27ClN2O. The van der Waals surface area contributed by atoms with Crippen molar-refractivity contribution in [2.45, 2.75) is 45.8 Å². The van der Waals surface area contributed by atoms with Crippen molar-refractivity contribution in [2.75, 3.05) is 24.5 Å². The molecule has 1 aliphatic heterocycles. The van der Waals surface area contributed by atoms with E-state index in [9.17, 15) is 5.11 Å². The van der Waals surface area contributed by atoms with Gasteiger partial charge in [0.1, 0.15) is 0 Å². The Morgan fingerprint density at radius 3 is 2.71 bits per heavy atom. The predicted octanol–water partition coefficient (Wildman–Crippen LogP) is 3.44. The van der Waals surface area contributed by atoms with Crippen molar-refractivity contribution in [3.05, 3.63) is 28.8 Å². The van der Waals surface area contributed by atoms with Crippen molar-refractivity contribution in [2.24, 2.45) is 5.92 Å². The molecule has 1 heterocycles. The molecule has 21 heavy (non-hydrogen) atoms. The van der Waals surface area contributed by atoms with Gasteiger partial charge in [-0.15, -0.1) is 0 Å². The van der Waals surface area contributed by atoms with Crippen LogP contribution in [0.1, 0.15) is 38.7 Å². The van der Waals surface area contributed by atoms with Gasteiger partial charge in [-0.05, 0) is 50.3 Å². The quantitative estimate of drug-likeness (QED) is 0.790. The molecule has 0 bridgehead atoms. The van der Waals surface area contributed by atoms with Crippen LogP contribution in [0.25, 0.3) is 0 Å². The van der Waals surface area contributed by atoms with Crippen molar-refractivity contribution in [1.29, 1.82) is 0 Å². The van der Waals surface area contributed by atoms with Gasteiger partial charge in [0.2, 0.25) is 0 Å². The van der Waals surface area contributed by atoms with Crippen LogP contribution in [-0.4, -0.2) is 30.8 Å². The van der Waals surface area contributed by atoms with Crippen molar-refractivity contribution in [3.8, 4) is 0 Å². The zero-order valence-corrected chi connectivity index (χ0v) is 13.9. The van der Waals surface area contributed by atoms with Gasteiger partial charge >= 0.3 is 0 Å². The van der Waals surface area contributed by atoms with Crippen molar-refractivity contribution in [3.63, 3.8) is 0 Å². The van der Waals surface area contributed by atoms with E-state index in [1.54, 1.807) is 0 Å². The Bertz CT molecular complexity index is 442. The normalized spacial score (nSPS) is 18.0. The van der Waals surface area contributed by atoms with Gasteiger partial charge in [-0.3, -0.25) is 0 Å². The highest BCUT2D eigenvalue weighted by atomic mass is 35.5. The van der Waals surface area contributed by atoms with Crippen LogP contribution < -0.4 is 10.2 Å². The monoisotopic (exact) mass is 310 g/mol. The Morgan fingerprint density at radius 2 is 2.10 bits per heavy atom. The summed E-state index contributed by atoms with van der Waals surface area (Å²) in [6.45, 7) is 7.90. The van der Waals surface area contributed by atoms with Crippen LogP contribution in [0, 0.1) is 5.92 Å². The van der Waals surface area contributed by atoms with E-state index in [-0.39, 0.29) is 6.10 Å². The highest BCUT2D eigenvalue weighted by Crippen LogP contribution is 2.33. The summed E-state index contributed by atoms with van der Waals surface area (Å²) >= 11 is 6.46. The first-order chi connectivity index (χ1) is 10.1. The van der Waals surface area contributed by atoms with E-state index in [1.807, 2.05) is 19.1 Å². The molecule has 0 saturated carbocycles. The molecule has 1 atom stereocenters. The smallest absolute Gasteiger partial charge is 0.0642 e. The van der Waals surface area contributed by atoms with Gasteiger partial charge in [0, 0.05) is 19.6 Å². The summed E-state index contributed by atoms with van der Waals surface area (Å²) in [6.07, 6.45) is 2.99. The molecule has 0 radical (unpaired) electrons. The van der Waals surface area contributed by atoms with E-state index in [2.05, 4.69) is 23.2 Å². The average Bonchev–Trinajstić information content (AvgIpc) is 2.48. The van der Waals surface area contributed by atoms with Crippen molar-refractivity contribution >= 4 is 17.3 Å². The van der Waals surface area contributed by atoms with Gasteiger partial charge in [-0.1, -0.05) is 30.7 Å². The summed E-state index contributed by atoms with van der Waals surface area (Å²) in [6, 6.07) is 6.16. The van der Waals surface area contributed by atoms with Gasteiger partial charge in [0.25, 0.3) is 0 Å². The lowest BCUT2D eigenvalue weighted by Crippen LogP contribution is -2.37. The minimum atomic E-state index is -0.205. The summed E-state index contributed by atoms with van der Waals surface area (Å²) in [5.74, 6) is 0.422. The fraction of sp³-hybridized carbons (Fsp3) is 0.647. The van der Waals surface area contributed by atoms with Crippen LogP contribution in [0.3, 0.4) is 0 Å². The van der Waals surface area contributed by atoms with E-state index in [1.165, 1.54) is 11.3 Å². The Labute approximate surface area is 133 Å². The first kappa shape index (κ1) is 16.6. The average molecular weight is 311 g/mol. The van der Waals surface area contributed by atoms with Gasteiger partial charge in [-0.25, -0.2) is 0 Å². The number of anilines is 1. The Morgan fingerprint density at radius 1 is 1.38 bits per heavy atom. The minimum absolute atomic E-state index is 0.205. The minimum Gasteiger partial charge on any atom is -0.393 e. The predicted molar refractivity (Wildman–Crippen MR) is 90.1 cm³/mol. The molecule has 0 amide bonds. The first-order valence-electron chi connectivity index (χ1n) is 8.04. The molecule has 1 saturated heterocycles. The molecule has 2 N–H and O–H groups in total. The number of rotatable bonds is 6. The third-order valence-electron chi connectivity index (χ3n) is 4.35. The van der Waals surface area contributed by atoms with Gasteiger partial charge in [-0.2, -0.15) is 0 Å². The first-order valence-corrected chi connectivity index (χ1v) is 8.42. The number of hydrogen-bond acceptors (Lipinski definition) is 3.